The van der Waals surface area contributed by atoms with Gasteiger partial charge in [0.25, 0.3) is 5.91 Å². The Bertz CT molecular complexity index is 1330. The maximum atomic E-state index is 13.9. The summed E-state index contributed by atoms with van der Waals surface area (Å²) in [6, 6.07) is 27.6. The van der Waals surface area contributed by atoms with Crippen molar-refractivity contribution < 1.29 is 19.0 Å². The molecule has 172 valence electrons. The van der Waals surface area contributed by atoms with Gasteiger partial charge in [-0.05, 0) is 46.5 Å². The van der Waals surface area contributed by atoms with E-state index in [1.54, 1.807) is 14.2 Å². The van der Waals surface area contributed by atoms with Gasteiger partial charge in [0.1, 0.15) is 12.4 Å². The Balaban J connectivity index is 1.45. The molecule has 1 aliphatic heterocycles. The molecule has 4 aromatic carbocycles. The van der Waals surface area contributed by atoms with Gasteiger partial charge in [-0.25, -0.2) is 0 Å². The molecule has 5 nitrogen and oxygen atoms in total. The largest absolute Gasteiger partial charge is 0.493 e. The molecule has 0 aliphatic carbocycles. The van der Waals surface area contributed by atoms with Crippen LogP contribution in [0.4, 0.5) is 0 Å². The summed E-state index contributed by atoms with van der Waals surface area (Å²) in [4.78, 5) is 15.8. The molecule has 5 heteroatoms. The molecule has 4 aromatic rings. The van der Waals surface area contributed by atoms with Crippen LogP contribution < -0.4 is 14.2 Å². The minimum atomic E-state index is -0.102. The van der Waals surface area contributed by atoms with Crippen LogP contribution in [0.3, 0.4) is 0 Å². The molecule has 0 N–H and O–H groups in total. The van der Waals surface area contributed by atoms with Crippen molar-refractivity contribution in [3.63, 3.8) is 0 Å². The molecule has 0 fully saturated rings. The zero-order valence-electron chi connectivity index (χ0n) is 19.4. The van der Waals surface area contributed by atoms with Gasteiger partial charge in [0, 0.05) is 18.2 Å². The summed E-state index contributed by atoms with van der Waals surface area (Å²) in [5.41, 5.74) is 3.15. The lowest BCUT2D eigenvalue weighted by Crippen LogP contribution is -2.47. The maximum absolute atomic E-state index is 13.9. The van der Waals surface area contributed by atoms with Crippen LogP contribution in [0.25, 0.3) is 10.8 Å². The van der Waals surface area contributed by atoms with E-state index < -0.39 is 0 Å². The smallest absolute Gasteiger partial charge is 0.255 e. The second kappa shape index (κ2) is 9.48. The summed E-state index contributed by atoms with van der Waals surface area (Å²) in [6.07, 6.45) is 0.736. The van der Waals surface area contributed by atoms with E-state index in [0.717, 1.165) is 17.2 Å². The van der Waals surface area contributed by atoms with Gasteiger partial charge >= 0.3 is 0 Å². The van der Waals surface area contributed by atoms with Gasteiger partial charge in [0.2, 0.25) is 0 Å². The first-order valence-electron chi connectivity index (χ1n) is 11.4. The first kappa shape index (κ1) is 21.8. The van der Waals surface area contributed by atoms with Crippen molar-refractivity contribution in [1.29, 1.82) is 0 Å². The van der Waals surface area contributed by atoms with Crippen molar-refractivity contribution in [1.82, 2.24) is 4.90 Å². The first-order chi connectivity index (χ1) is 16.7. The number of methoxy groups -OCH3 is 2. The Kier molecular flexibility index (Phi) is 6.09. The number of hydrogen-bond acceptors (Lipinski definition) is 4. The van der Waals surface area contributed by atoms with Crippen LogP contribution in [0.5, 0.6) is 17.2 Å². The molecule has 0 spiro atoms. The van der Waals surface area contributed by atoms with Gasteiger partial charge < -0.3 is 19.1 Å². The van der Waals surface area contributed by atoms with E-state index >= 15 is 0 Å². The summed E-state index contributed by atoms with van der Waals surface area (Å²) in [5.74, 6) is 1.95. The van der Waals surface area contributed by atoms with Crippen LogP contribution in [-0.4, -0.2) is 37.7 Å². The summed E-state index contributed by atoms with van der Waals surface area (Å²) in [7, 11) is 3.21. The highest BCUT2D eigenvalue weighted by Crippen LogP contribution is 2.32. The Morgan fingerprint density at radius 1 is 0.853 bits per heavy atom. The predicted octanol–water partition coefficient (Wildman–Crippen LogP) is 5.50. The van der Waals surface area contributed by atoms with Crippen molar-refractivity contribution in [2.24, 2.45) is 0 Å². The van der Waals surface area contributed by atoms with E-state index in [0.29, 0.717) is 36.0 Å². The maximum Gasteiger partial charge on any atom is 0.255 e. The van der Waals surface area contributed by atoms with Crippen LogP contribution in [0.2, 0.25) is 0 Å². The zero-order chi connectivity index (χ0) is 23.5. The average molecular weight is 454 g/mol. The number of fused-ring (bicyclic) bond motifs is 2. The van der Waals surface area contributed by atoms with Gasteiger partial charge in [0.05, 0.1) is 20.3 Å². The number of benzene rings is 4. The number of rotatable bonds is 6. The zero-order valence-corrected chi connectivity index (χ0v) is 19.4. The van der Waals surface area contributed by atoms with Crippen LogP contribution in [0, 0.1) is 0 Å². The first-order valence-corrected chi connectivity index (χ1v) is 11.4. The van der Waals surface area contributed by atoms with E-state index in [4.69, 9.17) is 14.2 Å². The molecule has 34 heavy (non-hydrogen) atoms. The van der Waals surface area contributed by atoms with Gasteiger partial charge in [-0.15, -0.1) is 0 Å². The molecule has 1 aliphatic rings. The minimum Gasteiger partial charge on any atom is -0.493 e. The molecule has 1 unspecified atom stereocenters. The second-order valence-electron chi connectivity index (χ2n) is 8.41. The third-order valence-corrected chi connectivity index (χ3v) is 6.43. The predicted molar refractivity (Wildman–Crippen MR) is 133 cm³/mol. The van der Waals surface area contributed by atoms with Crippen LogP contribution in [0.1, 0.15) is 21.5 Å². The SMILES string of the molecule is COc1ccc(OCC2Cc3ccccc3CN2C(=O)c2cccc3ccccc23)cc1OC. The highest BCUT2D eigenvalue weighted by Gasteiger charge is 2.31. The summed E-state index contributed by atoms with van der Waals surface area (Å²) in [6.45, 7) is 0.929. The summed E-state index contributed by atoms with van der Waals surface area (Å²) < 4.78 is 16.9. The fourth-order valence-electron chi connectivity index (χ4n) is 4.64. The van der Waals surface area contributed by atoms with E-state index in [1.807, 2.05) is 77.7 Å². The summed E-state index contributed by atoms with van der Waals surface area (Å²) >= 11 is 0. The van der Waals surface area contributed by atoms with Gasteiger partial charge in [-0.2, -0.15) is 0 Å². The van der Waals surface area contributed by atoms with Crippen molar-refractivity contribution in [3.8, 4) is 17.2 Å². The lowest BCUT2D eigenvalue weighted by Gasteiger charge is -2.37. The normalized spacial score (nSPS) is 15.0. The number of nitrogens with zero attached hydrogens (tertiary/aromatic N) is 1. The molecule has 0 bridgehead atoms. The topological polar surface area (TPSA) is 48.0 Å². The third-order valence-electron chi connectivity index (χ3n) is 6.43. The Morgan fingerprint density at radius 3 is 2.41 bits per heavy atom. The van der Waals surface area contributed by atoms with Gasteiger partial charge in [-0.3, -0.25) is 4.79 Å². The van der Waals surface area contributed by atoms with Gasteiger partial charge in [-0.1, -0.05) is 60.7 Å². The molecule has 0 saturated carbocycles. The molecule has 1 amide bonds. The molecule has 5 rings (SSSR count). The molecule has 0 radical (unpaired) electrons. The highest BCUT2D eigenvalue weighted by molar-refractivity contribution is 6.07. The molecule has 0 aromatic heterocycles. The molecule has 1 heterocycles. The Labute approximate surface area is 199 Å². The van der Waals surface area contributed by atoms with E-state index in [9.17, 15) is 4.79 Å². The fourth-order valence-corrected chi connectivity index (χ4v) is 4.64. The van der Waals surface area contributed by atoms with Crippen LogP contribution in [-0.2, 0) is 13.0 Å². The monoisotopic (exact) mass is 453 g/mol. The van der Waals surface area contributed by atoms with Gasteiger partial charge in [0.15, 0.2) is 11.5 Å². The lowest BCUT2D eigenvalue weighted by molar-refractivity contribution is 0.0568. The average Bonchev–Trinajstić information content (AvgIpc) is 2.90. The molecule has 1 atom stereocenters. The molecular formula is C29H27NO4. The van der Waals surface area contributed by atoms with E-state index in [2.05, 4.69) is 12.1 Å². The number of carbonyl (C=O) groups excluding carboxylic acids is 1. The van der Waals surface area contributed by atoms with Crippen LogP contribution in [0.15, 0.2) is 84.9 Å². The molecule has 0 saturated heterocycles. The van der Waals surface area contributed by atoms with E-state index in [-0.39, 0.29) is 11.9 Å². The quantitative estimate of drug-likeness (QED) is 0.387. The number of carbonyl (C=O) groups is 1. The van der Waals surface area contributed by atoms with E-state index in [1.165, 1.54) is 11.1 Å². The minimum absolute atomic E-state index is 0.0206. The summed E-state index contributed by atoms with van der Waals surface area (Å²) in [5, 5.41) is 2.03. The highest BCUT2D eigenvalue weighted by atomic mass is 16.5. The van der Waals surface area contributed by atoms with Crippen molar-refractivity contribution >= 4 is 16.7 Å². The van der Waals surface area contributed by atoms with Crippen LogP contribution >= 0.6 is 0 Å². The second-order valence-corrected chi connectivity index (χ2v) is 8.41. The fraction of sp³-hybridized carbons (Fsp3) is 0.207. The third kappa shape index (κ3) is 4.17. The van der Waals surface area contributed by atoms with Crippen molar-refractivity contribution in [2.45, 2.75) is 19.0 Å². The number of amides is 1. The van der Waals surface area contributed by atoms with Crippen molar-refractivity contribution in [3.05, 3.63) is 102 Å². The van der Waals surface area contributed by atoms with Crippen molar-refractivity contribution in [2.75, 3.05) is 20.8 Å². The number of ether oxygens (including phenoxy) is 3. The lowest BCUT2D eigenvalue weighted by atomic mass is 9.93. The Morgan fingerprint density at radius 2 is 1.59 bits per heavy atom. The Hall–Kier alpha value is -3.99. The molecular weight excluding hydrogens is 426 g/mol. The standard InChI is InChI=1S/C29H27NO4/c1-32-27-15-14-24(17-28(27)33-2)34-19-23-16-21-9-3-4-10-22(21)18-30(23)29(31)26-13-7-11-20-8-5-6-12-25(20)26/h3-15,17,23H,16,18-19H2,1-2H3. The number of hydrogen-bond donors (Lipinski definition) is 0.